The number of fused-ring (bicyclic) bond motifs is 1. The molecule has 2 aromatic carbocycles. The van der Waals surface area contributed by atoms with Crippen LogP contribution in [0.15, 0.2) is 42.5 Å². The molecule has 1 aliphatic heterocycles. The van der Waals surface area contributed by atoms with Crippen molar-refractivity contribution in [2.24, 2.45) is 5.92 Å². The molecule has 0 aromatic heterocycles. The van der Waals surface area contributed by atoms with Gasteiger partial charge in [-0.15, -0.1) is 0 Å². The molecule has 1 heterocycles. The number of hydrogen-bond donors (Lipinski definition) is 1. The second-order valence-electron chi connectivity index (χ2n) is 8.68. The van der Waals surface area contributed by atoms with Crippen LogP contribution in [-0.4, -0.2) is 74.7 Å². The summed E-state index contributed by atoms with van der Waals surface area (Å²) in [6.07, 6.45) is -0.114. The Morgan fingerprint density at radius 3 is 2.58 bits per heavy atom. The summed E-state index contributed by atoms with van der Waals surface area (Å²) in [7, 11) is 5.43. The number of likely N-dealkylation sites (N-methyl/N-ethyl adjacent to an activating group) is 2. The lowest BCUT2D eigenvalue weighted by molar-refractivity contribution is 0.0150. The van der Waals surface area contributed by atoms with E-state index in [4.69, 9.17) is 9.47 Å². The normalized spacial score (nSPS) is 22.5. The summed E-state index contributed by atoms with van der Waals surface area (Å²) < 4.78 is 25.7. The predicted molar refractivity (Wildman–Crippen MR) is 125 cm³/mol. The molecule has 0 saturated heterocycles. The van der Waals surface area contributed by atoms with Gasteiger partial charge in [-0.3, -0.25) is 14.5 Å². The van der Waals surface area contributed by atoms with Gasteiger partial charge in [0, 0.05) is 45.0 Å². The van der Waals surface area contributed by atoms with Crippen LogP contribution < -0.4 is 10.1 Å². The average molecular weight is 458 g/mol. The fourth-order valence-electron chi connectivity index (χ4n) is 3.87. The Kier molecular flexibility index (Phi) is 8.05. The standard InChI is InChI=1S/C25H32FN3O4/c1-16-13-28(3)17(2)15-33-22-12-18(27-24(30)19-8-6-7-9-21(19)26)10-11-20(22)25(31)29(4)14-23(16)32-5/h6-12,16-17,23H,13-15H2,1-5H3,(H,27,30)/t16-,17-,23-/m0/s1. The summed E-state index contributed by atoms with van der Waals surface area (Å²) in [6.45, 7) is 5.74. The largest absolute Gasteiger partial charge is 0.491 e. The van der Waals surface area contributed by atoms with E-state index in [1.807, 2.05) is 7.05 Å². The number of anilines is 1. The summed E-state index contributed by atoms with van der Waals surface area (Å²) in [4.78, 5) is 29.6. The second-order valence-corrected chi connectivity index (χ2v) is 8.68. The van der Waals surface area contributed by atoms with E-state index in [2.05, 4.69) is 24.1 Å². The van der Waals surface area contributed by atoms with Crippen molar-refractivity contribution in [1.82, 2.24) is 9.80 Å². The SMILES string of the molecule is CO[C@H]1CN(C)C(=O)c2ccc(NC(=O)c3ccccc3F)cc2OC[C@H](C)N(C)C[C@@H]1C. The first-order valence-corrected chi connectivity index (χ1v) is 11.0. The summed E-state index contributed by atoms with van der Waals surface area (Å²) in [5.41, 5.74) is 0.741. The van der Waals surface area contributed by atoms with Gasteiger partial charge in [-0.2, -0.15) is 0 Å². The molecule has 0 spiro atoms. The van der Waals surface area contributed by atoms with Crippen molar-refractivity contribution in [3.05, 3.63) is 59.4 Å². The summed E-state index contributed by atoms with van der Waals surface area (Å²) in [5, 5.41) is 2.69. The van der Waals surface area contributed by atoms with Gasteiger partial charge in [-0.05, 0) is 44.2 Å². The number of nitrogens with zero attached hydrogens (tertiary/aromatic N) is 2. The van der Waals surface area contributed by atoms with Crippen molar-refractivity contribution in [3.8, 4) is 5.75 Å². The fourth-order valence-corrected chi connectivity index (χ4v) is 3.87. The number of nitrogens with one attached hydrogen (secondary N) is 1. The molecule has 0 fully saturated rings. The fraction of sp³-hybridized carbons (Fsp3) is 0.440. The number of benzene rings is 2. The number of carbonyl (C=O) groups excluding carboxylic acids is 2. The number of hydrogen-bond acceptors (Lipinski definition) is 5. The van der Waals surface area contributed by atoms with Crippen LogP contribution in [0.1, 0.15) is 34.6 Å². The van der Waals surface area contributed by atoms with Gasteiger partial charge in [0.2, 0.25) is 0 Å². The third-order valence-corrected chi connectivity index (χ3v) is 6.13. The van der Waals surface area contributed by atoms with E-state index < -0.39 is 11.7 Å². The highest BCUT2D eigenvalue weighted by Gasteiger charge is 2.27. The van der Waals surface area contributed by atoms with Gasteiger partial charge in [0.05, 0.1) is 17.2 Å². The van der Waals surface area contributed by atoms with Crippen LogP contribution >= 0.6 is 0 Å². The van der Waals surface area contributed by atoms with Crippen LogP contribution in [-0.2, 0) is 4.74 Å². The van der Waals surface area contributed by atoms with E-state index in [-0.39, 0.29) is 29.5 Å². The highest BCUT2D eigenvalue weighted by atomic mass is 19.1. The van der Waals surface area contributed by atoms with Crippen LogP contribution in [0.2, 0.25) is 0 Å². The molecular formula is C25H32FN3O4. The van der Waals surface area contributed by atoms with E-state index in [1.54, 1.807) is 43.3 Å². The highest BCUT2D eigenvalue weighted by Crippen LogP contribution is 2.27. The molecule has 3 atom stereocenters. The number of amides is 2. The molecule has 8 heteroatoms. The maximum atomic E-state index is 14.0. The zero-order chi connectivity index (χ0) is 24.1. The van der Waals surface area contributed by atoms with Crippen LogP contribution in [0.4, 0.5) is 10.1 Å². The molecule has 0 bridgehead atoms. The predicted octanol–water partition coefficient (Wildman–Crippen LogP) is 3.51. The van der Waals surface area contributed by atoms with Gasteiger partial charge >= 0.3 is 0 Å². The summed E-state index contributed by atoms with van der Waals surface area (Å²) in [5.74, 6) is -0.802. The molecule has 178 valence electrons. The molecule has 1 aliphatic rings. The maximum Gasteiger partial charge on any atom is 0.258 e. The Hall–Kier alpha value is -2.97. The lowest BCUT2D eigenvalue weighted by Gasteiger charge is -2.34. The monoisotopic (exact) mass is 457 g/mol. The maximum absolute atomic E-state index is 14.0. The Balaban J connectivity index is 1.91. The van der Waals surface area contributed by atoms with Crippen molar-refractivity contribution < 1.29 is 23.5 Å². The van der Waals surface area contributed by atoms with Crippen molar-refractivity contribution in [2.75, 3.05) is 46.2 Å². The summed E-state index contributed by atoms with van der Waals surface area (Å²) in [6, 6.07) is 10.7. The Bertz CT molecular complexity index is 999. The number of rotatable bonds is 3. The van der Waals surface area contributed by atoms with E-state index in [9.17, 15) is 14.0 Å². The van der Waals surface area contributed by atoms with Crippen LogP contribution in [0.25, 0.3) is 0 Å². The molecule has 0 radical (unpaired) electrons. The van der Waals surface area contributed by atoms with Gasteiger partial charge in [0.1, 0.15) is 18.2 Å². The van der Waals surface area contributed by atoms with E-state index in [0.29, 0.717) is 30.2 Å². The molecular weight excluding hydrogens is 425 g/mol. The van der Waals surface area contributed by atoms with Crippen LogP contribution in [0, 0.1) is 11.7 Å². The third kappa shape index (κ3) is 5.89. The van der Waals surface area contributed by atoms with Crippen molar-refractivity contribution in [3.63, 3.8) is 0 Å². The lowest BCUT2D eigenvalue weighted by Crippen LogP contribution is -2.45. The van der Waals surface area contributed by atoms with Crippen molar-refractivity contribution in [1.29, 1.82) is 0 Å². The number of ether oxygens (including phenoxy) is 2. The van der Waals surface area contributed by atoms with Crippen LogP contribution in [0.5, 0.6) is 5.75 Å². The van der Waals surface area contributed by atoms with Gasteiger partial charge in [0.25, 0.3) is 11.8 Å². The van der Waals surface area contributed by atoms with Gasteiger partial charge in [0.15, 0.2) is 0 Å². The first-order valence-electron chi connectivity index (χ1n) is 11.0. The zero-order valence-corrected chi connectivity index (χ0v) is 19.8. The summed E-state index contributed by atoms with van der Waals surface area (Å²) >= 11 is 0. The third-order valence-electron chi connectivity index (χ3n) is 6.13. The average Bonchev–Trinajstić information content (AvgIpc) is 2.79. The molecule has 0 unspecified atom stereocenters. The molecule has 0 aliphatic carbocycles. The quantitative estimate of drug-likeness (QED) is 0.764. The molecule has 2 aromatic rings. The number of halogens is 1. The minimum atomic E-state index is -0.604. The Morgan fingerprint density at radius 2 is 1.88 bits per heavy atom. The molecule has 33 heavy (non-hydrogen) atoms. The van der Waals surface area contributed by atoms with Crippen molar-refractivity contribution >= 4 is 17.5 Å². The van der Waals surface area contributed by atoms with Crippen LogP contribution in [0.3, 0.4) is 0 Å². The smallest absolute Gasteiger partial charge is 0.258 e. The topological polar surface area (TPSA) is 71.1 Å². The Labute approximate surface area is 194 Å². The molecule has 1 N–H and O–H groups in total. The number of methoxy groups -OCH3 is 1. The van der Waals surface area contributed by atoms with E-state index >= 15 is 0 Å². The highest BCUT2D eigenvalue weighted by molar-refractivity contribution is 6.05. The van der Waals surface area contributed by atoms with Gasteiger partial charge < -0.3 is 19.7 Å². The molecule has 7 nitrogen and oxygen atoms in total. The first-order chi connectivity index (χ1) is 15.7. The lowest BCUT2D eigenvalue weighted by atomic mass is 10.0. The second kappa shape index (κ2) is 10.8. The molecule has 2 amide bonds. The van der Waals surface area contributed by atoms with E-state index in [1.165, 1.54) is 18.2 Å². The van der Waals surface area contributed by atoms with E-state index in [0.717, 1.165) is 6.54 Å². The molecule has 3 rings (SSSR count). The zero-order valence-electron chi connectivity index (χ0n) is 19.8. The van der Waals surface area contributed by atoms with Gasteiger partial charge in [-0.25, -0.2) is 4.39 Å². The molecule has 0 saturated carbocycles. The number of carbonyl (C=O) groups is 2. The van der Waals surface area contributed by atoms with Gasteiger partial charge in [-0.1, -0.05) is 19.1 Å². The van der Waals surface area contributed by atoms with Crippen molar-refractivity contribution in [2.45, 2.75) is 26.0 Å². The minimum absolute atomic E-state index is 0.0584. The first kappa shape index (κ1) is 24.7. The minimum Gasteiger partial charge on any atom is -0.491 e. The Morgan fingerprint density at radius 1 is 1.15 bits per heavy atom.